The van der Waals surface area contributed by atoms with Gasteiger partial charge in [-0.3, -0.25) is 0 Å². The second-order valence-corrected chi connectivity index (χ2v) is 5.69. The summed E-state index contributed by atoms with van der Waals surface area (Å²) in [5, 5.41) is 13.0. The zero-order chi connectivity index (χ0) is 13.0. The smallest absolute Gasteiger partial charge is 0.0574 e. The third-order valence-electron chi connectivity index (χ3n) is 3.42. The molecule has 1 fully saturated rings. The van der Waals surface area contributed by atoms with Gasteiger partial charge in [0.2, 0.25) is 0 Å². The number of halogens is 1. The molecule has 1 aromatic carbocycles. The van der Waals surface area contributed by atoms with Gasteiger partial charge < -0.3 is 15.3 Å². The van der Waals surface area contributed by atoms with Crippen LogP contribution in [0, 0.1) is 0 Å². The van der Waals surface area contributed by atoms with E-state index in [2.05, 4.69) is 51.3 Å². The Balaban J connectivity index is 2.16. The van der Waals surface area contributed by atoms with Gasteiger partial charge in [0.05, 0.1) is 6.10 Å². The predicted octanol–water partition coefficient (Wildman–Crippen LogP) is 2.52. The van der Waals surface area contributed by atoms with Crippen LogP contribution in [0.25, 0.3) is 0 Å². The molecule has 2 rings (SSSR count). The maximum atomic E-state index is 9.59. The molecule has 3 nitrogen and oxygen atoms in total. The highest BCUT2D eigenvalue weighted by molar-refractivity contribution is 9.10. The summed E-state index contributed by atoms with van der Waals surface area (Å²) < 4.78 is 1.11. The van der Waals surface area contributed by atoms with Gasteiger partial charge in [-0.15, -0.1) is 0 Å². The average molecular weight is 313 g/mol. The molecule has 1 aliphatic heterocycles. The van der Waals surface area contributed by atoms with Gasteiger partial charge in [-0.25, -0.2) is 0 Å². The molecule has 1 aliphatic rings. The highest BCUT2D eigenvalue weighted by Crippen LogP contribution is 2.27. The Morgan fingerprint density at radius 3 is 2.78 bits per heavy atom. The Bertz CT molecular complexity index is 389. The van der Waals surface area contributed by atoms with Crippen LogP contribution >= 0.6 is 15.9 Å². The predicted molar refractivity (Wildman–Crippen MR) is 79.0 cm³/mol. The van der Waals surface area contributed by atoms with Crippen molar-refractivity contribution in [2.75, 3.05) is 24.5 Å². The number of rotatable bonds is 4. The minimum absolute atomic E-state index is 0.120. The van der Waals surface area contributed by atoms with E-state index in [1.807, 2.05) is 0 Å². The normalized spacial score (nSPS) is 17.2. The Labute approximate surface area is 117 Å². The molecular formula is C14H21BrN2O. The third kappa shape index (κ3) is 3.46. The molecule has 100 valence electrons. The monoisotopic (exact) mass is 312 g/mol. The Morgan fingerprint density at radius 1 is 1.39 bits per heavy atom. The summed E-state index contributed by atoms with van der Waals surface area (Å²) in [4.78, 5) is 2.38. The molecule has 1 aromatic rings. The lowest BCUT2D eigenvalue weighted by atomic mass is 10.1. The summed E-state index contributed by atoms with van der Waals surface area (Å²) >= 11 is 3.55. The van der Waals surface area contributed by atoms with Gasteiger partial charge in [-0.2, -0.15) is 0 Å². The summed E-state index contributed by atoms with van der Waals surface area (Å²) in [5.74, 6) is 0. The summed E-state index contributed by atoms with van der Waals surface area (Å²) in [6.07, 6.45) is 1.62. The van der Waals surface area contributed by atoms with Gasteiger partial charge in [-0.05, 0) is 37.1 Å². The first-order chi connectivity index (χ1) is 8.70. The van der Waals surface area contributed by atoms with Gasteiger partial charge in [-0.1, -0.05) is 28.9 Å². The van der Waals surface area contributed by atoms with E-state index in [9.17, 15) is 5.11 Å². The van der Waals surface area contributed by atoms with Crippen molar-refractivity contribution in [1.82, 2.24) is 5.32 Å². The van der Waals surface area contributed by atoms with Crippen LogP contribution in [0.1, 0.15) is 25.3 Å². The van der Waals surface area contributed by atoms with Crippen LogP contribution in [0.15, 0.2) is 22.7 Å². The lowest BCUT2D eigenvalue weighted by molar-refractivity contribution is 0.145. The Kier molecular flexibility index (Phi) is 5.03. The van der Waals surface area contributed by atoms with Crippen LogP contribution in [0.2, 0.25) is 0 Å². The highest BCUT2D eigenvalue weighted by atomic mass is 79.9. The first-order valence-corrected chi connectivity index (χ1v) is 7.42. The van der Waals surface area contributed by atoms with Gasteiger partial charge in [0.1, 0.15) is 0 Å². The van der Waals surface area contributed by atoms with Crippen LogP contribution in [-0.2, 0) is 6.54 Å². The third-order valence-corrected chi connectivity index (χ3v) is 3.91. The van der Waals surface area contributed by atoms with Crippen molar-refractivity contribution in [2.45, 2.75) is 32.4 Å². The standard InChI is InChI=1S/C14H21BrN2O/c1-2-16-10-11-3-4-12(15)9-14(11)17-7-5-13(18)6-8-17/h3-4,9,13,16,18H,2,5-8,10H2,1H3. The van der Waals surface area contributed by atoms with Crippen molar-refractivity contribution < 1.29 is 5.11 Å². The van der Waals surface area contributed by atoms with Crippen molar-refractivity contribution in [3.63, 3.8) is 0 Å². The number of hydrogen-bond donors (Lipinski definition) is 2. The van der Waals surface area contributed by atoms with Gasteiger partial charge in [0.15, 0.2) is 0 Å². The van der Waals surface area contributed by atoms with Crippen LogP contribution in [0.4, 0.5) is 5.69 Å². The van der Waals surface area contributed by atoms with E-state index < -0.39 is 0 Å². The van der Waals surface area contributed by atoms with E-state index in [4.69, 9.17) is 0 Å². The first kappa shape index (κ1) is 13.8. The van der Waals surface area contributed by atoms with E-state index in [0.29, 0.717) is 0 Å². The van der Waals surface area contributed by atoms with Crippen LogP contribution in [-0.4, -0.2) is 30.8 Å². The molecule has 0 saturated carbocycles. The fraction of sp³-hybridized carbons (Fsp3) is 0.571. The van der Waals surface area contributed by atoms with E-state index >= 15 is 0 Å². The SMILES string of the molecule is CCNCc1ccc(Br)cc1N1CCC(O)CC1. The summed E-state index contributed by atoms with van der Waals surface area (Å²) in [5.41, 5.74) is 2.62. The van der Waals surface area contributed by atoms with Crippen LogP contribution < -0.4 is 10.2 Å². The molecule has 1 heterocycles. The summed E-state index contributed by atoms with van der Waals surface area (Å²) in [6.45, 7) is 5.88. The van der Waals surface area contributed by atoms with Crippen molar-refractivity contribution in [3.05, 3.63) is 28.2 Å². The second kappa shape index (κ2) is 6.55. The number of aliphatic hydroxyl groups is 1. The number of nitrogens with one attached hydrogen (secondary N) is 1. The van der Waals surface area contributed by atoms with E-state index in [0.717, 1.165) is 43.5 Å². The maximum Gasteiger partial charge on any atom is 0.0574 e. The minimum Gasteiger partial charge on any atom is -0.393 e. The van der Waals surface area contributed by atoms with E-state index in [-0.39, 0.29) is 6.10 Å². The Hall–Kier alpha value is -0.580. The lowest BCUT2D eigenvalue weighted by Gasteiger charge is -2.33. The maximum absolute atomic E-state index is 9.59. The molecule has 4 heteroatoms. The number of aliphatic hydroxyl groups excluding tert-OH is 1. The lowest BCUT2D eigenvalue weighted by Crippen LogP contribution is -2.36. The molecular weight excluding hydrogens is 292 g/mol. The molecule has 2 N–H and O–H groups in total. The number of piperidine rings is 1. The quantitative estimate of drug-likeness (QED) is 0.897. The number of anilines is 1. The molecule has 0 aromatic heterocycles. The zero-order valence-electron chi connectivity index (χ0n) is 10.8. The minimum atomic E-state index is -0.120. The fourth-order valence-corrected chi connectivity index (χ4v) is 2.70. The molecule has 0 radical (unpaired) electrons. The molecule has 0 atom stereocenters. The van der Waals surface area contributed by atoms with Crippen molar-refractivity contribution in [3.8, 4) is 0 Å². The first-order valence-electron chi connectivity index (χ1n) is 6.63. The molecule has 0 aliphatic carbocycles. The average Bonchev–Trinajstić information content (AvgIpc) is 2.38. The van der Waals surface area contributed by atoms with Crippen molar-refractivity contribution in [2.24, 2.45) is 0 Å². The second-order valence-electron chi connectivity index (χ2n) is 4.77. The Morgan fingerprint density at radius 2 is 2.11 bits per heavy atom. The van der Waals surface area contributed by atoms with Gasteiger partial charge >= 0.3 is 0 Å². The van der Waals surface area contributed by atoms with E-state index in [1.165, 1.54) is 11.3 Å². The summed E-state index contributed by atoms with van der Waals surface area (Å²) in [6, 6.07) is 6.45. The zero-order valence-corrected chi connectivity index (χ0v) is 12.4. The van der Waals surface area contributed by atoms with Gasteiger partial charge in [0, 0.05) is 29.8 Å². The molecule has 0 spiro atoms. The summed E-state index contributed by atoms with van der Waals surface area (Å²) in [7, 11) is 0. The van der Waals surface area contributed by atoms with Crippen molar-refractivity contribution in [1.29, 1.82) is 0 Å². The number of nitrogens with zero attached hydrogens (tertiary/aromatic N) is 1. The number of hydrogen-bond acceptors (Lipinski definition) is 3. The van der Waals surface area contributed by atoms with Crippen molar-refractivity contribution >= 4 is 21.6 Å². The van der Waals surface area contributed by atoms with Gasteiger partial charge in [0.25, 0.3) is 0 Å². The molecule has 0 unspecified atom stereocenters. The largest absolute Gasteiger partial charge is 0.393 e. The highest BCUT2D eigenvalue weighted by Gasteiger charge is 2.19. The number of benzene rings is 1. The fourth-order valence-electron chi connectivity index (χ4n) is 2.35. The molecule has 1 saturated heterocycles. The molecule has 0 amide bonds. The topological polar surface area (TPSA) is 35.5 Å². The van der Waals surface area contributed by atoms with E-state index in [1.54, 1.807) is 0 Å². The van der Waals surface area contributed by atoms with Crippen LogP contribution in [0.5, 0.6) is 0 Å². The van der Waals surface area contributed by atoms with Crippen LogP contribution in [0.3, 0.4) is 0 Å². The molecule has 0 bridgehead atoms. The molecule has 18 heavy (non-hydrogen) atoms.